The molecule has 1 N–H and O–H groups in total. The lowest BCUT2D eigenvalue weighted by Crippen LogP contribution is -2.46. The van der Waals surface area contributed by atoms with Crippen molar-refractivity contribution in [1.82, 2.24) is 20.0 Å². The van der Waals surface area contributed by atoms with Gasteiger partial charge in [-0.25, -0.2) is 4.68 Å². The van der Waals surface area contributed by atoms with E-state index in [1.165, 1.54) is 9.58 Å². The average molecular weight is 406 g/mol. The summed E-state index contributed by atoms with van der Waals surface area (Å²) in [5, 5.41) is 8.11. The zero-order chi connectivity index (χ0) is 21.9. The number of likely N-dealkylation sites (N-methyl/N-ethyl adjacent to an activating group) is 1. The van der Waals surface area contributed by atoms with Gasteiger partial charge in [0.2, 0.25) is 5.91 Å². The highest BCUT2D eigenvalue weighted by atomic mass is 16.2. The van der Waals surface area contributed by atoms with Crippen molar-refractivity contribution >= 4 is 22.6 Å². The lowest BCUT2D eigenvalue weighted by Gasteiger charge is -2.23. The highest BCUT2D eigenvalue weighted by molar-refractivity contribution is 6.05. The number of nitrogens with one attached hydrogen (secondary N) is 1. The number of nitrogens with zero attached hydrogens (tertiary/aromatic N) is 3. The maximum Gasteiger partial charge on any atom is 0.275 e. The summed E-state index contributed by atoms with van der Waals surface area (Å²) in [6.45, 7) is 5.77. The molecule has 0 fully saturated rings. The molecule has 0 spiro atoms. The van der Waals surface area contributed by atoms with Gasteiger partial charge in [0.25, 0.3) is 11.5 Å². The van der Waals surface area contributed by atoms with Gasteiger partial charge in [-0.15, -0.1) is 0 Å². The van der Waals surface area contributed by atoms with Crippen molar-refractivity contribution in [1.29, 1.82) is 0 Å². The van der Waals surface area contributed by atoms with Crippen LogP contribution >= 0.6 is 0 Å². The highest BCUT2D eigenvalue weighted by Crippen LogP contribution is 2.15. The summed E-state index contributed by atoms with van der Waals surface area (Å²) in [4.78, 5) is 39.6. The van der Waals surface area contributed by atoms with E-state index in [2.05, 4.69) is 10.4 Å². The van der Waals surface area contributed by atoms with Crippen LogP contribution in [0.15, 0.2) is 59.4 Å². The molecule has 30 heavy (non-hydrogen) atoms. The van der Waals surface area contributed by atoms with Crippen molar-refractivity contribution < 1.29 is 9.59 Å². The van der Waals surface area contributed by atoms with Crippen LogP contribution in [-0.4, -0.2) is 45.6 Å². The molecular formula is C23H26N4O3. The van der Waals surface area contributed by atoms with Crippen LogP contribution in [0.1, 0.15) is 36.8 Å². The normalized spacial score (nSPS) is 11.3. The van der Waals surface area contributed by atoms with Crippen LogP contribution in [0.25, 0.3) is 10.8 Å². The first-order valence-electron chi connectivity index (χ1n) is 9.76. The summed E-state index contributed by atoms with van der Waals surface area (Å²) in [5.74, 6) is -0.683. The molecule has 0 aliphatic rings. The fourth-order valence-corrected chi connectivity index (χ4v) is 3.18. The fraction of sp³-hybridized carbons (Fsp3) is 0.304. The van der Waals surface area contributed by atoms with Gasteiger partial charge in [-0.1, -0.05) is 48.5 Å². The Morgan fingerprint density at radius 2 is 1.60 bits per heavy atom. The smallest absolute Gasteiger partial charge is 0.275 e. The van der Waals surface area contributed by atoms with Gasteiger partial charge in [0.05, 0.1) is 18.5 Å². The molecule has 0 aliphatic carbocycles. The molecule has 0 bridgehead atoms. The van der Waals surface area contributed by atoms with Crippen LogP contribution in [0.5, 0.6) is 0 Å². The van der Waals surface area contributed by atoms with Crippen molar-refractivity contribution in [2.24, 2.45) is 0 Å². The topological polar surface area (TPSA) is 84.3 Å². The molecule has 3 aromatic rings. The third-order valence-corrected chi connectivity index (χ3v) is 4.49. The fourth-order valence-electron chi connectivity index (χ4n) is 3.18. The molecule has 0 aliphatic heterocycles. The van der Waals surface area contributed by atoms with Crippen LogP contribution in [0, 0.1) is 0 Å². The summed E-state index contributed by atoms with van der Waals surface area (Å²) in [5.41, 5.74) is 0.388. The molecule has 0 unspecified atom stereocenters. The summed E-state index contributed by atoms with van der Waals surface area (Å²) in [6.07, 6.45) is 0. The maximum absolute atomic E-state index is 13.1. The number of rotatable bonds is 5. The molecule has 0 saturated heterocycles. The minimum absolute atomic E-state index is 0.107. The Kier molecular flexibility index (Phi) is 6.01. The third-order valence-electron chi connectivity index (χ3n) is 4.49. The number of hydrogen-bond acceptors (Lipinski definition) is 4. The van der Waals surface area contributed by atoms with E-state index < -0.39 is 11.4 Å². The van der Waals surface area contributed by atoms with Crippen LogP contribution in [0.4, 0.5) is 0 Å². The van der Waals surface area contributed by atoms with E-state index in [-0.39, 0.29) is 30.2 Å². The van der Waals surface area contributed by atoms with Gasteiger partial charge in [-0.2, -0.15) is 5.10 Å². The lowest BCUT2D eigenvalue weighted by atomic mass is 10.1. The molecule has 0 atom stereocenters. The van der Waals surface area contributed by atoms with Gasteiger partial charge in [0.1, 0.15) is 0 Å². The monoisotopic (exact) mass is 406 g/mol. The number of hydrogen-bond donors (Lipinski definition) is 1. The zero-order valence-corrected chi connectivity index (χ0v) is 17.7. The zero-order valence-electron chi connectivity index (χ0n) is 17.7. The van der Waals surface area contributed by atoms with Crippen molar-refractivity contribution in [3.05, 3.63) is 76.2 Å². The first-order chi connectivity index (χ1) is 14.2. The van der Waals surface area contributed by atoms with E-state index in [1.54, 1.807) is 31.3 Å². The number of fused-ring (bicyclic) bond motifs is 1. The number of carbonyl (C=O) groups is 2. The average Bonchev–Trinajstić information content (AvgIpc) is 2.69. The standard InChI is InChI=1S/C23H26N4O3/c1-23(2,3)24-19(28)15-26(4)22(30)20-17-12-8-9-13-18(17)21(29)27(25-20)14-16-10-6-5-7-11-16/h5-13H,14-15H2,1-4H3,(H,24,28). The van der Waals surface area contributed by atoms with Crippen molar-refractivity contribution in [3.8, 4) is 0 Å². The molecule has 7 heteroatoms. The number of amides is 2. The molecule has 2 amide bonds. The van der Waals surface area contributed by atoms with E-state index in [4.69, 9.17) is 0 Å². The van der Waals surface area contributed by atoms with Crippen LogP contribution in [0.2, 0.25) is 0 Å². The molecule has 1 aromatic heterocycles. The minimum atomic E-state index is -0.419. The Bertz CT molecular complexity index is 1130. The predicted molar refractivity (Wildman–Crippen MR) is 116 cm³/mol. The minimum Gasteiger partial charge on any atom is -0.350 e. The Labute approximate surface area is 175 Å². The molecule has 7 nitrogen and oxygen atoms in total. The van der Waals surface area contributed by atoms with Gasteiger partial charge in [-0.05, 0) is 32.4 Å². The van der Waals surface area contributed by atoms with E-state index in [0.717, 1.165) is 5.56 Å². The molecular weight excluding hydrogens is 380 g/mol. The van der Waals surface area contributed by atoms with Crippen molar-refractivity contribution in [3.63, 3.8) is 0 Å². The molecule has 0 radical (unpaired) electrons. The summed E-state index contributed by atoms with van der Waals surface area (Å²) in [7, 11) is 1.55. The first kappa shape index (κ1) is 21.2. The van der Waals surface area contributed by atoms with Gasteiger partial charge < -0.3 is 10.2 Å². The predicted octanol–water partition coefficient (Wildman–Crippen LogP) is 2.43. The molecule has 2 aromatic carbocycles. The Morgan fingerprint density at radius 3 is 2.23 bits per heavy atom. The van der Waals surface area contributed by atoms with Gasteiger partial charge in [-0.3, -0.25) is 14.4 Å². The first-order valence-corrected chi connectivity index (χ1v) is 9.76. The molecule has 0 saturated carbocycles. The number of benzene rings is 2. The summed E-state index contributed by atoms with van der Waals surface area (Å²) >= 11 is 0. The summed E-state index contributed by atoms with van der Waals surface area (Å²) in [6, 6.07) is 16.4. The molecule has 1 heterocycles. The maximum atomic E-state index is 13.1. The van der Waals surface area contributed by atoms with E-state index >= 15 is 0 Å². The van der Waals surface area contributed by atoms with E-state index in [9.17, 15) is 14.4 Å². The van der Waals surface area contributed by atoms with Crippen molar-refractivity contribution in [2.75, 3.05) is 13.6 Å². The molecule has 3 rings (SSSR count). The summed E-state index contributed by atoms with van der Waals surface area (Å²) < 4.78 is 1.30. The van der Waals surface area contributed by atoms with Gasteiger partial charge in [0, 0.05) is 18.0 Å². The second-order valence-corrected chi connectivity index (χ2v) is 8.30. The largest absolute Gasteiger partial charge is 0.350 e. The third kappa shape index (κ3) is 4.92. The van der Waals surface area contributed by atoms with Crippen LogP contribution < -0.4 is 10.9 Å². The molecule has 156 valence electrons. The van der Waals surface area contributed by atoms with Crippen LogP contribution in [-0.2, 0) is 11.3 Å². The SMILES string of the molecule is CN(CC(=O)NC(C)(C)C)C(=O)c1nn(Cc2ccccc2)c(=O)c2ccccc12. The Hall–Kier alpha value is -3.48. The number of carbonyl (C=O) groups excluding carboxylic acids is 2. The second-order valence-electron chi connectivity index (χ2n) is 8.30. The quantitative estimate of drug-likeness (QED) is 0.705. The Balaban J connectivity index is 1.98. The van der Waals surface area contributed by atoms with Crippen LogP contribution in [0.3, 0.4) is 0 Å². The number of aromatic nitrogens is 2. The second kappa shape index (κ2) is 8.49. The lowest BCUT2D eigenvalue weighted by molar-refractivity contribution is -0.122. The Morgan fingerprint density at radius 1 is 1.00 bits per heavy atom. The van der Waals surface area contributed by atoms with E-state index in [1.807, 2.05) is 51.1 Å². The van der Waals surface area contributed by atoms with Gasteiger partial charge >= 0.3 is 0 Å². The van der Waals surface area contributed by atoms with Gasteiger partial charge in [0.15, 0.2) is 5.69 Å². The van der Waals surface area contributed by atoms with E-state index in [0.29, 0.717) is 10.8 Å². The van der Waals surface area contributed by atoms with Crippen molar-refractivity contribution in [2.45, 2.75) is 32.9 Å². The highest BCUT2D eigenvalue weighted by Gasteiger charge is 2.23.